The molecule has 5 nitrogen and oxygen atoms in total. The molecule has 0 bridgehead atoms. The van der Waals surface area contributed by atoms with Gasteiger partial charge in [-0.25, -0.2) is 0 Å². The molecule has 17 heavy (non-hydrogen) atoms. The van der Waals surface area contributed by atoms with E-state index in [1.54, 1.807) is 19.4 Å². The number of hydrogen-bond donors (Lipinski definition) is 2. The molecule has 1 unspecified atom stereocenters. The van der Waals surface area contributed by atoms with Gasteiger partial charge in [0.2, 0.25) is 0 Å². The number of hydrogen-bond acceptors (Lipinski definition) is 4. The minimum absolute atomic E-state index is 0.0798. The number of carbonyl (C=O) groups is 1. The van der Waals surface area contributed by atoms with E-state index in [1.807, 2.05) is 13.0 Å². The molecule has 0 aliphatic carbocycles. The molecule has 5 heteroatoms. The molecule has 1 rings (SSSR count). The van der Waals surface area contributed by atoms with Gasteiger partial charge in [0, 0.05) is 32.5 Å². The third-order valence-corrected chi connectivity index (χ3v) is 2.51. The minimum Gasteiger partial charge on any atom is -0.385 e. The SMILES string of the molecule is COCCC(CN)NC(=O)c1ncccc1C. The van der Waals surface area contributed by atoms with Crippen LogP contribution in [0.25, 0.3) is 0 Å². The van der Waals surface area contributed by atoms with E-state index < -0.39 is 0 Å². The fourth-order valence-electron chi connectivity index (χ4n) is 1.49. The zero-order valence-electron chi connectivity index (χ0n) is 10.3. The van der Waals surface area contributed by atoms with Gasteiger partial charge in [0.05, 0.1) is 0 Å². The first-order chi connectivity index (χ1) is 8.19. The highest BCUT2D eigenvalue weighted by molar-refractivity contribution is 5.93. The van der Waals surface area contributed by atoms with E-state index >= 15 is 0 Å². The third-order valence-electron chi connectivity index (χ3n) is 2.51. The molecule has 94 valence electrons. The molecule has 0 radical (unpaired) electrons. The molecule has 1 aromatic rings. The Balaban J connectivity index is 2.61. The summed E-state index contributed by atoms with van der Waals surface area (Å²) in [4.78, 5) is 16.0. The van der Waals surface area contributed by atoms with Gasteiger partial charge in [-0.1, -0.05) is 6.07 Å². The van der Waals surface area contributed by atoms with Crippen molar-refractivity contribution in [1.29, 1.82) is 0 Å². The van der Waals surface area contributed by atoms with Crippen LogP contribution in [0, 0.1) is 6.92 Å². The zero-order valence-corrected chi connectivity index (χ0v) is 10.3. The number of nitrogens with one attached hydrogen (secondary N) is 1. The Hall–Kier alpha value is -1.46. The van der Waals surface area contributed by atoms with Gasteiger partial charge in [0.15, 0.2) is 0 Å². The summed E-state index contributed by atoms with van der Waals surface area (Å²) < 4.78 is 4.96. The van der Waals surface area contributed by atoms with Crippen LogP contribution in [0.15, 0.2) is 18.3 Å². The Morgan fingerprint density at radius 2 is 2.41 bits per heavy atom. The van der Waals surface area contributed by atoms with E-state index in [0.29, 0.717) is 25.3 Å². The first kappa shape index (κ1) is 13.6. The van der Waals surface area contributed by atoms with E-state index in [-0.39, 0.29) is 11.9 Å². The Morgan fingerprint density at radius 3 is 3.00 bits per heavy atom. The highest BCUT2D eigenvalue weighted by Gasteiger charge is 2.14. The average Bonchev–Trinajstić information content (AvgIpc) is 2.34. The van der Waals surface area contributed by atoms with Gasteiger partial charge < -0.3 is 15.8 Å². The lowest BCUT2D eigenvalue weighted by molar-refractivity contribution is 0.0921. The number of carbonyl (C=O) groups excluding carboxylic acids is 1. The number of aryl methyl sites for hydroxylation is 1. The van der Waals surface area contributed by atoms with Crippen molar-refractivity contribution >= 4 is 5.91 Å². The first-order valence-electron chi connectivity index (χ1n) is 5.60. The van der Waals surface area contributed by atoms with Crippen molar-refractivity contribution in [2.24, 2.45) is 5.73 Å². The fourth-order valence-corrected chi connectivity index (χ4v) is 1.49. The van der Waals surface area contributed by atoms with Gasteiger partial charge in [-0.2, -0.15) is 0 Å². The van der Waals surface area contributed by atoms with Crippen molar-refractivity contribution in [2.75, 3.05) is 20.3 Å². The summed E-state index contributed by atoms with van der Waals surface area (Å²) in [5, 5.41) is 2.85. The van der Waals surface area contributed by atoms with Crippen molar-refractivity contribution in [3.63, 3.8) is 0 Å². The molecular formula is C12H19N3O2. The van der Waals surface area contributed by atoms with Crippen molar-refractivity contribution in [3.05, 3.63) is 29.6 Å². The molecule has 3 N–H and O–H groups in total. The number of nitrogens with two attached hydrogens (primary N) is 1. The molecule has 1 aromatic heterocycles. The largest absolute Gasteiger partial charge is 0.385 e. The number of pyridine rings is 1. The van der Waals surface area contributed by atoms with Crippen LogP contribution in [0.4, 0.5) is 0 Å². The van der Waals surface area contributed by atoms with Crippen LogP contribution in [0.5, 0.6) is 0 Å². The summed E-state index contributed by atoms with van der Waals surface area (Å²) in [7, 11) is 1.62. The van der Waals surface area contributed by atoms with Crippen molar-refractivity contribution in [3.8, 4) is 0 Å². The van der Waals surface area contributed by atoms with Gasteiger partial charge >= 0.3 is 0 Å². The van der Waals surface area contributed by atoms with Gasteiger partial charge in [0.25, 0.3) is 5.91 Å². The smallest absolute Gasteiger partial charge is 0.270 e. The lowest BCUT2D eigenvalue weighted by atomic mass is 10.1. The molecule has 1 atom stereocenters. The van der Waals surface area contributed by atoms with E-state index in [4.69, 9.17) is 10.5 Å². The number of aromatic nitrogens is 1. The Labute approximate surface area is 101 Å². The van der Waals surface area contributed by atoms with E-state index in [0.717, 1.165) is 5.56 Å². The topological polar surface area (TPSA) is 77.2 Å². The second-order valence-electron chi connectivity index (χ2n) is 3.86. The fraction of sp³-hybridized carbons (Fsp3) is 0.500. The maximum Gasteiger partial charge on any atom is 0.270 e. The number of methoxy groups -OCH3 is 1. The van der Waals surface area contributed by atoms with Crippen molar-refractivity contribution in [1.82, 2.24) is 10.3 Å². The lowest BCUT2D eigenvalue weighted by Crippen LogP contribution is -2.41. The molecule has 1 amide bonds. The minimum atomic E-state index is -0.186. The quantitative estimate of drug-likeness (QED) is 0.754. The highest BCUT2D eigenvalue weighted by Crippen LogP contribution is 2.03. The zero-order chi connectivity index (χ0) is 12.7. The summed E-state index contributed by atoms with van der Waals surface area (Å²) in [6.07, 6.45) is 2.30. The van der Waals surface area contributed by atoms with E-state index in [2.05, 4.69) is 10.3 Å². The van der Waals surface area contributed by atoms with Crippen LogP contribution in [0.3, 0.4) is 0 Å². The van der Waals surface area contributed by atoms with Crippen molar-refractivity contribution in [2.45, 2.75) is 19.4 Å². The predicted molar refractivity (Wildman–Crippen MR) is 65.8 cm³/mol. The number of ether oxygens (including phenoxy) is 1. The van der Waals surface area contributed by atoms with Crippen LogP contribution in [0.2, 0.25) is 0 Å². The predicted octanol–water partition coefficient (Wildman–Crippen LogP) is 0.484. The first-order valence-corrected chi connectivity index (χ1v) is 5.60. The van der Waals surface area contributed by atoms with Crippen LogP contribution >= 0.6 is 0 Å². The summed E-state index contributed by atoms with van der Waals surface area (Å²) >= 11 is 0. The second-order valence-corrected chi connectivity index (χ2v) is 3.86. The van der Waals surface area contributed by atoms with Crippen LogP contribution in [-0.4, -0.2) is 37.2 Å². The molecule has 0 fully saturated rings. The van der Waals surface area contributed by atoms with Crippen LogP contribution in [-0.2, 0) is 4.74 Å². The summed E-state index contributed by atoms with van der Waals surface area (Å²) in [5.41, 5.74) is 6.89. The summed E-state index contributed by atoms with van der Waals surface area (Å²) in [6, 6.07) is 3.58. The Kier molecular flexibility index (Phi) is 5.59. The standard InChI is InChI=1S/C12H19N3O2/c1-9-4-3-6-14-11(9)12(16)15-10(8-13)5-7-17-2/h3-4,6,10H,5,7-8,13H2,1-2H3,(H,15,16). The third kappa shape index (κ3) is 4.13. The van der Waals surface area contributed by atoms with Gasteiger partial charge in [0.1, 0.15) is 5.69 Å². The summed E-state index contributed by atoms with van der Waals surface area (Å²) in [6.45, 7) is 2.82. The molecule has 0 aliphatic heterocycles. The molecule has 1 heterocycles. The number of amides is 1. The van der Waals surface area contributed by atoms with Gasteiger partial charge in [-0.3, -0.25) is 9.78 Å². The maximum absolute atomic E-state index is 11.9. The van der Waals surface area contributed by atoms with Gasteiger partial charge in [-0.15, -0.1) is 0 Å². The van der Waals surface area contributed by atoms with E-state index in [1.165, 1.54) is 0 Å². The molecular weight excluding hydrogens is 218 g/mol. The normalized spacial score (nSPS) is 12.2. The second kappa shape index (κ2) is 6.98. The monoisotopic (exact) mass is 237 g/mol. The summed E-state index contributed by atoms with van der Waals surface area (Å²) in [5.74, 6) is -0.186. The number of rotatable bonds is 6. The van der Waals surface area contributed by atoms with Crippen molar-refractivity contribution < 1.29 is 9.53 Å². The molecule has 0 spiro atoms. The molecule has 0 aromatic carbocycles. The average molecular weight is 237 g/mol. The molecule has 0 saturated heterocycles. The van der Waals surface area contributed by atoms with Crippen LogP contribution < -0.4 is 11.1 Å². The molecule has 0 aliphatic rings. The lowest BCUT2D eigenvalue weighted by Gasteiger charge is -2.16. The Morgan fingerprint density at radius 1 is 1.65 bits per heavy atom. The number of nitrogens with zero attached hydrogens (tertiary/aromatic N) is 1. The van der Waals surface area contributed by atoms with Gasteiger partial charge in [-0.05, 0) is 25.0 Å². The van der Waals surface area contributed by atoms with E-state index in [9.17, 15) is 4.79 Å². The Bertz CT molecular complexity index is 369. The highest BCUT2D eigenvalue weighted by atomic mass is 16.5. The maximum atomic E-state index is 11.9. The van der Waals surface area contributed by atoms with Crippen LogP contribution in [0.1, 0.15) is 22.5 Å². The molecule has 0 saturated carbocycles.